The van der Waals surface area contributed by atoms with Crippen molar-refractivity contribution in [3.8, 4) is 17.2 Å². The monoisotopic (exact) mass is 529 g/mol. The minimum atomic E-state index is -1.22. The Bertz CT molecular complexity index is 1350. The summed E-state index contributed by atoms with van der Waals surface area (Å²) in [5.74, 6) is -0.706. The largest absolute Gasteiger partial charge is 0.355 e. The van der Waals surface area contributed by atoms with Crippen LogP contribution in [0.5, 0.6) is 0 Å². The number of hydrogen-bond acceptors (Lipinski definition) is 7. The predicted octanol–water partition coefficient (Wildman–Crippen LogP) is 3.84. The molecule has 3 aliphatic heterocycles. The predicted molar refractivity (Wildman–Crippen MR) is 135 cm³/mol. The summed E-state index contributed by atoms with van der Waals surface area (Å²) in [6.45, 7) is 6.35. The van der Waals surface area contributed by atoms with Crippen molar-refractivity contribution in [1.82, 2.24) is 9.80 Å². The van der Waals surface area contributed by atoms with E-state index in [0.717, 1.165) is 6.07 Å². The number of piperazine rings is 1. The van der Waals surface area contributed by atoms with Gasteiger partial charge in [0.2, 0.25) is 12.3 Å². The number of anilines is 1. The highest BCUT2D eigenvalue weighted by atomic mass is 35.5. The van der Waals surface area contributed by atoms with Crippen molar-refractivity contribution in [3.05, 3.63) is 59.1 Å². The van der Waals surface area contributed by atoms with Crippen LogP contribution in [0.25, 0.3) is 11.1 Å². The van der Waals surface area contributed by atoms with Gasteiger partial charge in [-0.15, -0.1) is 11.8 Å². The average Bonchev–Trinajstić information content (AvgIpc) is 2.86. The van der Waals surface area contributed by atoms with Crippen LogP contribution in [0, 0.1) is 23.0 Å². The van der Waals surface area contributed by atoms with Gasteiger partial charge < -0.3 is 19.8 Å². The van der Waals surface area contributed by atoms with E-state index in [1.807, 2.05) is 6.92 Å². The number of halogens is 3. The number of benzene rings is 2. The molecule has 2 aromatic rings. The van der Waals surface area contributed by atoms with Crippen LogP contribution < -0.4 is 4.90 Å². The fourth-order valence-electron chi connectivity index (χ4n) is 4.97. The molecule has 0 saturated carbocycles. The first-order valence-corrected chi connectivity index (χ1v) is 12.7. The summed E-state index contributed by atoms with van der Waals surface area (Å²) in [5, 5.41) is 21.2. The molecule has 5 rings (SSSR count). The standard InChI is InChI=1S/C25H22ClF2N5O2S/c1-3-20(34)32-12-15(10-29)33(11-13(32)2)24-17-9-18(26)21(16-5-4-14(27)8-19(16)28)23-22(17)31(6-7-36-23)25(35)30-24/h3-5,8-9,13,15,25,35H,1,6-7,11-12H2,2H3/t13-,15+,25?/m1/s1. The maximum Gasteiger partial charge on any atom is 0.246 e. The van der Waals surface area contributed by atoms with Crippen LogP contribution in [0.4, 0.5) is 14.5 Å². The third-order valence-electron chi connectivity index (χ3n) is 6.65. The molecule has 7 nitrogen and oxygen atoms in total. The van der Waals surface area contributed by atoms with Gasteiger partial charge in [-0.25, -0.2) is 13.8 Å². The lowest BCUT2D eigenvalue weighted by Crippen LogP contribution is -2.61. The molecule has 3 aliphatic rings. The maximum atomic E-state index is 14.8. The molecule has 0 spiro atoms. The molecule has 0 aromatic heterocycles. The minimum Gasteiger partial charge on any atom is -0.355 e. The van der Waals surface area contributed by atoms with Gasteiger partial charge in [0.25, 0.3) is 0 Å². The van der Waals surface area contributed by atoms with E-state index in [4.69, 9.17) is 11.6 Å². The van der Waals surface area contributed by atoms with Crippen molar-refractivity contribution in [2.75, 3.05) is 30.3 Å². The summed E-state index contributed by atoms with van der Waals surface area (Å²) in [6, 6.07) is 6.28. The topological polar surface area (TPSA) is 83.2 Å². The zero-order valence-corrected chi connectivity index (χ0v) is 20.9. The summed E-state index contributed by atoms with van der Waals surface area (Å²) in [4.78, 5) is 22.6. The Kier molecular flexibility index (Phi) is 6.41. The van der Waals surface area contributed by atoms with Crippen LogP contribution in [0.2, 0.25) is 5.02 Å². The van der Waals surface area contributed by atoms with Crippen molar-refractivity contribution in [2.45, 2.75) is 30.3 Å². The van der Waals surface area contributed by atoms with Crippen molar-refractivity contribution in [3.63, 3.8) is 0 Å². The number of amides is 1. The second-order valence-electron chi connectivity index (χ2n) is 8.76. The van der Waals surface area contributed by atoms with Crippen LogP contribution in [0.3, 0.4) is 0 Å². The Morgan fingerprint density at radius 2 is 2.08 bits per heavy atom. The lowest BCUT2D eigenvalue weighted by Gasteiger charge is -2.46. The van der Waals surface area contributed by atoms with E-state index in [2.05, 4.69) is 17.6 Å². The number of hydrogen-bond donors (Lipinski definition) is 1. The van der Waals surface area contributed by atoms with Crippen LogP contribution in [0.15, 0.2) is 46.8 Å². The highest BCUT2D eigenvalue weighted by Crippen LogP contribution is 2.50. The Morgan fingerprint density at radius 3 is 2.78 bits per heavy atom. The molecule has 36 heavy (non-hydrogen) atoms. The molecule has 1 unspecified atom stereocenters. The second-order valence-corrected chi connectivity index (χ2v) is 10.3. The maximum absolute atomic E-state index is 14.8. The van der Waals surface area contributed by atoms with Crippen molar-refractivity contribution in [2.24, 2.45) is 4.99 Å². The SMILES string of the molecule is C=CC(=O)N1C[C@H](C#N)N(C2=NC(O)N3CCSc4c(-c5ccc(F)cc5F)c(Cl)cc2c43)C[C@H]1C. The van der Waals surface area contributed by atoms with Gasteiger partial charge in [-0.2, -0.15) is 5.26 Å². The Balaban J connectivity index is 1.65. The van der Waals surface area contributed by atoms with Gasteiger partial charge in [-0.3, -0.25) is 4.79 Å². The van der Waals surface area contributed by atoms with Crippen LogP contribution >= 0.6 is 23.4 Å². The summed E-state index contributed by atoms with van der Waals surface area (Å²) in [7, 11) is 0. The van der Waals surface area contributed by atoms with Crippen LogP contribution in [-0.4, -0.2) is 70.5 Å². The number of amidine groups is 1. The smallest absolute Gasteiger partial charge is 0.246 e. The number of carbonyl (C=O) groups excluding carboxylic acids is 1. The number of nitriles is 1. The van der Waals surface area contributed by atoms with Crippen LogP contribution in [-0.2, 0) is 4.79 Å². The van der Waals surface area contributed by atoms with E-state index >= 15 is 0 Å². The number of nitrogens with zero attached hydrogens (tertiary/aromatic N) is 5. The van der Waals surface area contributed by atoms with Gasteiger partial charge in [-0.05, 0) is 31.2 Å². The van der Waals surface area contributed by atoms with Crippen molar-refractivity contribution < 1.29 is 18.7 Å². The molecule has 0 aliphatic carbocycles. The zero-order chi connectivity index (χ0) is 25.7. The van der Waals surface area contributed by atoms with Gasteiger partial charge in [0.1, 0.15) is 23.5 Å². The first-order chi connectivity index (χ1) is 17.2. The molecule has 0 bridgehead atoms. The fourth-order valence-corrected chi connectivity index (χ4v) is 6.55. The highest BCUT2D eigenvalue weighted by molar-refractivity contribution is 7.99. The van der Waals surface area contributed by atoms with Gasteiger partial charge in [0, 0.05) is 52.5 Å². The minimum absolute atomic E-state index is 0.144. The normalized spacial score (nSPS) is 23.1. The van der Waals surface area contributed by atoms with E-state index in [9.17, 15) is 23.9 Å². The van der Waals surface area contributed by atoms with Gasteiger partial charge in [-0.1, -0.05) is 18.2 Å². The van der Waals surface area contributed by atoms with Crippen molar-refractivity contribution in [1.29, 1.82) is 5.26 Å². The molecule has 186 valence electrons. The number of aliphatic hydroxyl groups excluding tert-OH is 1. The third-order valence-corrected chi connectivity index (χ3v) is 8.02. The molecule has 3 atom stereocenters. The number of rotatable bonds is 2. The van der Waals surface area contributed by atoms with E-state index < -0.39 is 24.0 Å². The fraction of sp³-hybridized carbons (Fsp3) is 0.320. The first-order valence-electron chi connectivity index (χ1n) is 11.3. The van der Waals surface area contributed by atoms with Crippen molar-refractivity contribution >= 4 is 40.8 Å². The number of carbonyl (C=O) groups is 1. The lowest BCUT2D eigenvalue weighted by molar-refractivity contribution is -0.130. The highest BCUT2D eigenvalue weighted by Gasteiger charge is 2.41. The summed E-state index contributed by atoms with van der Waals surface area (Å²) in [5.41, 5.74) is 1.82. The molecule has 11 heteroatoms. The number of thioether (sulfide) groups is 1. The molecular formula is C25H22ClF2N5O2S. The van der Waals surface area contributed by atoms with Gasteiger partial charge in [0.05, 0.1) is 23.3 Å². The Morgan fingerprint density at radius 1 is 1.31 bits per heavy atom. The molecule has 3 heterocycles. The Hall–Kier alpha value is -3.13. The average molecular weight is 530 g/mol. The first kappa shape index (κ1) is 24.6. The number of aliphatic hydroxyl groups is 1. The summed E-state index contributed by atoms with van der Waals surface area (Å²) >= 11 is 8.20. The van der Waals surface area contributed by atoms with E-state index in [1.54, 1.807) is 20.8 Å². The lowest BCUT2D eigenvalue weighted by atomic mass is 9.97. The van der Waals surface area contributed by atoms with E-state index in [-0.39, 0.29) is 29.1 Å². The third kappa shape index (κ3) is 3.92. The molecule has 0 radical (unpaired) electrons. The molecule has 1 fully saturated rings. The van der Waals surface area contributed by atoms with E-state index in [0.29, 0.717) is 46.4 Å². The quantitative estimate of drug-likeness (QED) is 0.595. The molecular weight excluding hydrogens is 508 g/mol. The zero-order valence-electron chi connectivity index (χ0n) is 19.3. The molecule has 1 N–H and O–H groups in total. The van der Waals surface area contributed by atoms with Gasteiger partial charge >= 0.3 is 0 Å². The Labute approximate surface area is 216 Å². The van der Waals surface area contributed by atoms with Gasteiger partial charge in [0.15, 0.2) is 0 Å². The second kappa shape index (κ2) is 9.39. The summed E-state index contributed by atoms with van der Waals surface area (Å²) in [6.07, 6.45) is 0.00262. The van der Waals surface area contributed by atoms with E-state index in [1.165, 1.54) is 30.0 Å². The molecule has 1 saturated heterocycles. The summed E-state index contributed by atoms with van der Waals surface area (Å²) < 4.78 is 28.4. The number of aliphatic imine (C=N–C) groups is 1. The molecule has 1 amide bonds. The van der Waals surface area contributed by atoms with Crippen LogP contribution in [0.1, 0.15) is 12.5 Å². The molecule has 2 aromatic carbocycles.